The topological polar surface area (TPSA) is 111 Å². The fraction of sp³-hybridized carbons (Fsp3) is 0.545. The molecule has 1 saturated heterocycles. The predicted octanol–water partition coefficient (Wildman–Crippen LogP) is 6.08. The highest BCUT2D eigenvalue weighted by atomic mass is 16.5. The molecule has 4 fully saturated rings. The van der Waals surface area contributed by atoms with E-state index in [0.29, 0.717) is 42.8 Å². The van der Waals surface area contributed by atoms with Crippen LogP contribution in [0.2, 0.25) is 0 Å². The second kappa shape index (κ2) is 17.5. The number of nitrogens with zero attached hydrogens (tertiary/aromatic N) is 3. The van der Waals surface area contributed by atoms with E-state index in [-0.39, 0.29) is 24.5 Å². The van der Waals surface area contributed by atoms with Crippen molar-refractivity contribution in [2.45, 2.75) is 71.5 Å². The third-order valence-electron chi connectivity index (χ3n) is 12.3. The van der Waals surface area contributed by atoms with E-state index in [4.69, 9.17) is 10.5 Å². The summed E-state index contributed by atoms with van der Waals surface area (Å²) in [5, 5.41) is 13.0. The van der Waals surface area contributed by atoms with Crippen LogP contribution in [0.25, 0.3) is 11.1 Å². The zero-order chi connectivity index (χ0) is 38.4. The van der Waals surface area contributed by atoms with Gasteiger partial charge in [0, 0.05) is 68.1 Å². The maximum atomic E-state index is 13.7. The Kier molecular flexibility index (Phi) is 13.3. The van der Waals surface area contributed by atoms with Crippen molar-refractivity contribution in [2.24, 2.45) is 34.8 Å². The van der Waals surface area contributed by atoms with Gasteiger partial charge in [0.05, 0.1) is 13.2 Å². The molecule has 3 aromatic rings. The minimum atomic E-state index is -0.531. The Morgan fingerprint density at radius 3 is 2.32 bits per heavy atom. The molecule has 53 heavy (non-hydrogen) atoms. The first-order valence-corrected chi connectivity index (χ1v) is 19.4. The Hall–Kier alpha value is -3.92. The van der Waals surface area contributed by atoms with Gasteiger partial charge in [0.15, 0.2) is 0 Å². The number of rotatable bonds is 13. The molecule has 2 amide bonds. The number of carbonyl (C=O) groups excluding carboxylic acids is 2. The Labute approximate surface area is 317 Å². The highest BCUT2D eigenvalue weighted by Crippen LogP contribution is 2.61. The minimum Gasteiger partial charge on any atom is -0.496 e. The van der Waals surface area contributed by atoms with Crippen molar-refractivity contribution >= 4 is 17.5 Å². The van der Waals surface area contributed by atoms with Crippen LogP contribution in [0.1, 0.15) is 67.9 Å². The van der Waals surface area contributed by atoms with Crippen molar-refractivity contribution in [3.05, 3.63) is 83.4 Å². The molecule has 1 heterocycles. The summed E-state index contributed by atoms with van der Waals surface area (Å²) in [4.78, 5) is 32.1. The lowest BCUT2D eigenvalue weighted by Crippen LogP contribution is -2.51. The first kappa shape index (κ1) is 40.3. The van der Waals surface area contributed by atoms with Crippen LogP contribution in [0, 0.1) is 29.1 Å². The number of methoxy groups -OCH3 is 1. The number of anilines is 1. The first-order chi connectivity index (χ1) is 25.2. The molecule has 9 heteroatoms. The number of benzene rings is 3. The number of ether oxygens (including phenoxy) is 1. The molecule has 7 rings (SSSR count). The van der Waals surface area contributed by atoms with Crippen molar-refractivity contribution in [3.63, 3.8) is 0 Å². The largest absolute Gasteiger partial charge is 0.496 e. The van der Waals surface area contributed by atoms with Crippen molar-refractivity contribution in [2.75, 3.05) is 59.9 Å². The van der Waals surface area contributed by atoms with E-state index in [0.717, 1.165) is 46.6 Å². The molecule has 3 aliphatic carbocycles. The van der Waals surface area contributed by atoms with E-state index in [1.165, 1.54) is 24.8 Å². The molecule has 3 saturated carbocycles. The van der Waals surface area contributed by atoms with E-state index in [2.05, 4.69) is 43.1 Å². The van der Waals surface area contributed by atoms with Gasteiger partial charge in [-0.3, -0.25) is 14.5 Å². The molecule has 4 aliphatic rings. The summed E-state index contributed by atoms with van der Waals surface area (Å²) in [7, 11) is 9.55. The van der Waals surface area contributed by atoms with Gasteiger partial charge in [-0.05, 0) is 98.8 Å². The van der Waals surface area contributed by atoms with Gasteiger partial charge in [0.1, 0.15) is 5.75 Å². The lowest BCUT2D eigenvalue weighted by atomic mass is 9.46. The van der Waals surface area contributed by atoms with Gasteiger partial charge in [0.2, 0.25) is 5.91 Å². The zero-order valence-electron chi connectivity index (χ0n) is 33.3. The fourth-order valence-corrected chi connectivity index (χ4v) is 9.21. The molecule has 3 aromatic carbocycles. The Bertz CT molecular complexity index is 1690. The predicted molar refractivity (Wildman–Crippen MR) is 215 cm³/mol. The van der Waals surface area contributed by atoms with Crippen molar-refractivity contribution < 1.29 is 19.4 Å². The lowest BCUT2D eigenvalue weighted by molar-refractivity contribution is -0.124. The van der Waals surface area contributed by atoms with Gasteiger partial charge in [-0.1, -0.05) is 75.7 Å². The second-order valence-electron chi connectivity index (χ2n) is 16.7. The number of hydrogen-bond acceptors (Lipinski definition) is 7. The second-order valence-corrected chi connectivity index (χ2v) is 16.7. The van der Waals surface area contributed by atoms with Gasteiger partial charge >= 0.3 is 0 Å². The number of aliphatic hydroxyl groups excluding tert-OH is 1. The zero-order valence-corrected chi connectivity index (χ0v) is 33.3. The number of likely N-dealkylation sites (N-methyl/N-ethyl adjacent to an activating group) is 1. The van der Waals surface area contributed by atoms with Crippen LogP contribution < -0.4 is 20.7 Å². The van der Waals surface area contributed by atoms with Gasteiger partial charge in [-0.25, -0.2) is 0 Å². The standard InChI is InChI=1S/C34H45N5O4.C10H18/c1-37(2)21-28(16-23-10-7-6-8-11-23)36-34(42)27-17-26(18-29(19-27)38(3)4)30-13-9-12-24(32(30)43-5)20-39-15-14-25(22-40)31(39)33(35)41;1-7-4-5-8-6-9(7)10(8,2)3/h6-13,17-19,25,28,31,40H,14-16,20-22H2,1-5H3,(H2,35,41)(H,36,42);7-9H,4-6H2,1-3H3. The molecule has 1 aliphatic heterocycles. The van der Waals surface area contributed by atoms with E-state index in [1.54, 1.807) is 7.11 Å². The maximum absolute atomic E-state index is 13.7. The number of aliphatic hydroxyl groups is 1. The number of fused-ring (bicyclic) bond motifs is 2. The molecule has 0 aromatic heterocycles. The first-order valence-electron chi connectivity index (χ1n) is 19.4. The number of primary amides is 1. The number of likely N-dealkylation sites (tertiary alicyclic amines) is 1. The Balaban J connectivity index is 0.000000461. The summed E-state index contributed by atoms with van der Waals surface area (Å²) in [5.74, 6) is 3.08. The van der Waals surface area contributed by atoms with Crippen molar-refractivity contribution in [1.29, 1.82) is 0 Å². The molecule has 9 nitrogen and oxygen atoms in total. The summed E-state index contributed by atoms with van der Waals surface area (Å²) in [5.41, 5.74) is 11.6. The number of nitrogens with two attached hydrogens (primary N) is 1. The van der Waals surface area contributed by atoms with Crippen molar-refractivity contribution in [3.8, 4) is 16.9 Å². The molecular formula is C44H63N5O4. The quantitative estimate of drug-likeness (QED) is 0.196. The number of nitrogens with one attached hydrogen (secondary N) is 1. The van der Waals surface area contributed by atoms with Crippen LogP contribution >= 0.6 is 0 Å². The molecule has 0 radical (unpaired) electrons. The SMILES string of the molecule is CC1CCC2CC1C2(C)C.COc1c(CN2CCC(CO)C2C(N)=O)cccc1-c1cc(C(=O)NC(Cc2ccccc2)CN(C)C)cc(N(C)C)c1. The van der Waals surface area contributed by atoms with Crippen LogP contribution in [0.3, 0.4) is 0 Å². The van der Waals surface area contributed by atoms with E-state index >= 15 is 0 Å². The summed E-state index contributed by atoms with van der Waals surface area (Å²) >= 11 is 0. The van der Waals surface area contributed by atoms with Gasteiger partial charge in [-0.2, -0.15) is 0 Å². The smallest absolute Gasteiger partial charge is 0.251 e. The van der Waals surface area contributed by atoms with Crippen LogP contribution in [-0.4, -0.2) is 93.8 Å². The van der Waals surface area contributed by atoms with Crippen molar-refractivity contribution in [1.82, 2.24) is 15.1 Å². The highest BCUT2D eigenvalue weighted by molar-refractivity contribution is 5.97. The number of para-hydroxylation sites is 1. The summed E-state index contributed by atoms with van der Waals surface area (Å²) in [6, 6.07) is 21.4. The molecular weight excluding hydrogens is 663 g/mol. The van der Waals surface area contributed by atoms with Gasteiger partial charge in [0.25, 0.3) is 5.91 Å². The summed E-state index contributed by atoms with van der Waals surface area (Å²) in [6.45, 7) is 9.09. The molecule has 2 bridgehead atoms. The molecule has 6 unspecified atom stereocenters. The van der Waals surface area contributed by atoms with E-state index in [9.17, 15) is 14.7 Å². The molecule has 4 N–H and O–H groups in total. The van der Waals surface area contributed by atoms with E-state index < -0.39 is 11.9 Å². The normalized spacial score (nSPS) is 23.7. The van der Waals surface area contributed by atoms with Crippen LogP contribution in [0.5, 0.6) is 5.75 Å². The molecule has 288 valence electrons. The van der Waals surface area contributed by atoms with Crippen LogP contribution in [-0.2, 0) is 17.8 Å². The minimum absolute atomic E-state index is 0.0735. The van der Waals surface area contributed by atoms with Crippen LogP contribution in [0.4, 0.5) is 5.69 Å². The summed E-state index contributed by atoms with van der Waals surface area (Å²) < 4.78 is 5.95. The lowest BCUT2D eigenvalue weighted by Gasteiger charge is -2.59. The van der Waals surface area contributed by atoms with Gasteiger partial charge < -0.3 is 30.7 Å². The number of hydrogen-bond donors (Lipinski definition) is 3. The Morgan fingerprint density at radius 1 is 1.02 bits per heavy atom. The third-order valence-corrected chi connectivity index (χ3v) is 12.3. The summed E-state index contributed by atoms with van der Waals surface area (Å²) in [6.07, 6.45) is 5.97. The maximum Gasteiger partial charge on any atom is 0.251 e. The van der Waals surface area contributed by atoms with E-state index in [1.807, 2.05) is 92.6 Å². The number of amides is 2. The average molecular weight is 726 g/mol. The third kappa shape index (κ3) is 9.42. The fourth-order valence-electron chi connectivity index (χ4n) is 9.21. The molecule has 0 spiro atoms. The monoisotopic (exact) mass is 725 g/mol. The van der Waals surface area contributed by atoms with Crippen LogP contribution in [0.15, 0.2) is 66.7 Å². The highest BCUT2D eigenvalue weighted by Gasteiger charge is 2.52. The average Bonchev–Trinajstić information content (AvgIpc) is 3.54. The van der Waals surface area contributed by atoms with Gasteiger partial charge in [-0.15, -0.1) is 0 Å². The number of carbonyl (C=O) groups is 2. The Morgan fingerprint density at radius 2 is 1.75 bits per heavy atom. The molecule has 6 atom stereocenters.